The minimum Gasteiger partial charge on any atom is -0.744 e. The van der Waals surface area contributed by atoms with E-state index in [0.717, 1.165) is 5.39 Å². The zero-order valence-corrected chi connectivity index (χ0v) is 13.0. The Bertz CT molecular complexity index is 620. The monoisotopic (exact) mass is 260 g/mol. The Labute approximate surface area is 137 Å². The van der Waals surface area contributed by atoms with E-state index in [0.29, 0.717) is 10.9 Å². The van der Waals surface area contributed by atoms with Crippen LogP contribution in [-0.4, -0.2) is 13.0 Å². The molecular weight excluding hydrogens is 251 g/mol. The zero-order valence-electron chi connectivity index (χ0n) is 9.10. The second-order valence-corrected chi connectivity index (χ2v) is 4.70. The van der Waals surface area contributed by atoms with Gasteiger partial charge in [-0.1, -0.05) is 36.4 Å². The Kier molecular flexibility index (Phi) is 4.71. The standard InChI is InChI=1S/C11H10O3S.K/c1-8-6-7-9-4-2-3-5-10(9)11(8)15(12,13)14;/h2-7H,1H3,(H,12,13,14);/q;+1/p-1. The fourth-order valence-corrected chi connectivity index (χ4v) is 2.60. The van der Waals surface area contributed by atoms with Crippen molar-refractivity contribution in [1.29, 1.82) is 0 Å². The van der Waals surface area contributed by atoms with Crippen LogP contribution < -0.4 is 51.4 Å². The summed E-state index contributed by atoms with van der Waals surface area (Å²) in [4.78, 5) is -0.111. The van der Waals surface area contributed by atoms with Gasteiger partial charge in [0.25, 0.3) is 0 Å². The minimum atomic E-state index is -4.41. The summed E-state index contributed by atoms with van der Waals surface area (Å²) in [6.07, 6.45) is 0. The quantitative estimate of drug-likeness (QED) is 0.491. The predicted molar refractivity (Wildman–Crippen MR) is 56.6 cm³/mol. The fourth-order valence-electron chi connectivity index (χ4n) is 1.68. The molecule has 3 nitrogen and oxygen atoms in total. The number of rotatable bonds is 1. The van der Waals surface area contributed by atoms with Gasteiger partial charge < -0.3 is 4.55 Å². The van der Waals surface area contributed by atoms with Gasteiger partial charge in [0.2, 0.25) is 0 Å². The van der Waals surface area contributed by atoms with Gasteiger partial charge in [-0.05, 0) is 23.3 Å². The first kappa shape index (κ1) is 14.3. The van der Waals surface area contributed by atoms with Crippen LogP contribution in [0.1, 0.15) is 5.56 Å². The average molecular weight is 260 g/mol. The summed E-state index contributed by atoms with van der Waals surface area (Å²) >= 11 is 0. The Morgan fingerprint density at radius 1 is 1.06 bits per heavy atom. The van der Waals surface area contributed by atoms with E-state index >= 15 is 0 Å². The molecule has 0 saturated heterocycles. The maximum atomic E-state index is 11.1. The van der Waals surface area contributed by atoms with E-state index in [2.05, 4.69) is 0 Å². The van der Waals surface area contributed by atoms with Gasteiger partial charge in [-0.2, -0.15) is 0 Å². The van der Waals surface area contributed by atoms with Gasteiger partial charge in [0.15, 0.2) is 0 Å². The summed E-state index contributed by atoms with van der Waals surface area (Å²) < 4.78 is 33.3. The molecule has 0 spiro atoms. The third-order valence-electron chi connectivity index (χ3n) is 2.33. The van der Waals surface area contributed by atoms with E-state index in [1.165, 1.54) is 0 Å². The molecule has 2 aromatic carbocycles. The molecule has 16 heavy (non-hydrogen) atoms. The molecular formula is C11H9KO3S. The van der Waals surface area contributed by atoms with Crippen LogP contribution in [0.4, 0.5) is 0 Å². The topological polar surface area (TPSA) is 57.2 Å². The number of aryl methyl sites for hydroxylation is 1. The second kappa shape index (κ2) is 5.26. The van der Waals surface area contributed by atoms with E-state index in [9.17, 15) is 13.0 Å². The van der Waals surface area contributed by atoms with Crippen LogP contribution in [0.3, 0.4) is 0 Å². The van der Waals surface area contributed by atoms with E-state index in [1.807, 2.05) is 0 Å². The first-order chi connectivity index (χ1) is 7.00. The van der Waals surface area contributed by atoms with Crippen LogP contribution in [-0.2, 0) is 10.1 Å². The molecule has 78 valence electrons. The van der Waals surface area contributed by atoms with Crippen LogP contribution in [0, 0.1) is 6.92 Å². The van der Waals surface area contributed by atoms with E-state index < -0.39 is 10.1 Å². The van der Waals surface area contributed by atoms with Gasteiger partial charge in [0, 0.05) is 0 Å². The molecule has 0 aliphatic rings. The van der Waals surface area contributed by atoms with Crippen molar-refractivity contribution in [1.82, 2.24) is 0 Å². The zero-order chi connectivity index (χ0) is 11.1. The smallest absolute Gasteiger partial charge is 0.744 e. The van der Waals surface area contributed by atoms with Gasteiger partial charge in [-0.25, -0.2) is 8.42 Å². The largest absolute Gasteiger partial charge is 1.00 e. The molecule has 0 heterocycles. The van der Waals surface area contributed by atoms with Crippen LogP contribution in [0.5, 0.6) is 0 Å². The third kappa shape index (κ3) is 2.73. The minimum absolute atomic E-state index is 0. The van der Waals surface area contributed by atoms with Crippen LogP contribution >= 0.6 is 0 Å². The van der Waals surface area contributed by atoms with E-state index in [-0.39, 0.29) is 56.3 Å². The van der Waals surface area contributed by atoms with E-state index in [1.54, 1.807) is 43.3 Å². The fraction of sp³-hybridized carbons (Fsp3) is 0.0909. The summed E-state index contributed by atoms with van der Waals surface area (Å²) in [6, 6.07) is 10.4. The molecule has 0 aliphatic carbocycles. The third-order valence-corrected chi connectivity index (χ3v) is 3.37. The van der Waals surface area contributed by atoms with Crippen LogP contribution in [0.25, 0.3) is 10.8 Å². The van der Waals surface area contributed by atoms with Crippen molar-refractivity contribution >= 4 is 20.9 Å². The molecule has 0 aromatic heterocycles. The molecule has 0 unspecified atom stereocenters. The van der Waals surface area contributed by atoms with Crippen molar-refractivity contribution in [3.8, 4) is 0 Å². The molecule has 2 rings (SSSR count). The average Bonchev–Trinajstić information content (AvgIpc) is 2.15. The number of benzene rings is 2. The van der Waals surface area contributed by atoms with Crippen molar-refractivity contribution in [3.05, 3.63) is 42.0 Å². The number of fused-ring (bicyclic) bond motifs is 1. The van der Waals surface area contributed by atoms with Gasteiger partial charge in [0.1, 0.15) is 10.1 Å². The van der Waals surface area contributed by atoms with Crippen molar-refractivity contribution in [2.45, 2.75) is 11.8 Å². The molecule has 0 aliphatic heterocycles. The molecule has 0 radical (unpaired) electrons. The van der Waals surface area contributed by atoms with Gasteiger partial charge in [0.05, 0.1) is 4.90 Å². The second-order valence-electron chi connectivity index (χ2n) is 3.39. The maximum Gasteiger partial charge on any atom is 1.00 e. The molecule has 0 N–H and O–H groups in total. The van der Waals surface area contributed by atoms with Gasteiger partial charge >= 0.3 is 51.4 Å². The Morgan fingerprint density at radius 3 is 2.31 bits per heavy atom. The predicted octanol–water partition coefficient (Wildman–Crippen LogP) is -0.944. The summed E-state index contributed by atoms with van der Waals surface area (Å²) in [5, 5.41) is 1.25. The Hall–Kier alpha value is 0.246. The first-order valence-electron chi connectivity index (χ1n) is 4.44. The summed E-state index contributed by atoms with van der Waals surface area (Å²) in [5.41, 5.74) is 0.490. The Morgan fingerprint density at radius 2 is 1.69 bits per heavy atom. The number of hydrogen-bond acceptors (Lipinski definition) is 3. The molecule has 0 bridgehead atoms. The van der Waals surface area contributed by atoms with Crippen molar-refractivity contribution in [3.63, 3.8) is 0 Å². The van der Waals surface area contributed by atoms with Crippen molar-refractivity contribution < 1.29 is 64.4 Å². The van der Waals surface area contributed by atoms with Crippen LogP contribution in [0.15, 0.2) is 41.3 Å². The van der Waals surface area contributed by atoms with Gasteiger partial charge in [-0.15, -0.1) is 0 Å². The normalized spacial score (nSPS) is 11.1. The molecule has 2 aromatic rings. The molecule has 0 amide bonds. The summed E-state index contributed by atoms with van der Waals surface area (Å²) in [5.74, 6) is 0. The van der Waals surface area contributed by atoms with Crippen LogP contribution in [0.2, 0.25) is 0 Å². The van der Waals surface area contributed by atoms with Crippen molar-refractivity contribution in [2.75, 3.05) is 0 Å². The van der Waals surface area contributed by atoms with Gasteiger partial charge in [-0.3, -0.25) is 0 Å². The maximum absolute atomic E-state index is 11.1. The summed E-state index contributed by atoms with van der Waals surface area (Å²) in [7, 11) is -4.41. The SMILES string of the molecule is Cc1ccc2ccccc2c1S(=O)(=O)[O-].[K+]. The number of hydrogen-bond donors (Lipinski definition) is 0. The molecule has 0 atom stereocenters. The molecule has 0 saturated carbocycles. The summed E-state index contributed by atoms with van der Waals surface area (Å²) in [6.45, 7) is 1.62. The first-order valence-corrected chi connectivity index (χ1v) is 5.85. The Balaban J connectivity index is 0.00000128. The molecule has 0 fully saturated rings. The molecule has 5 heteroatoms. The van der Waals surface area contributed by atoms with E-state index in [4.69, 9.17) is 0 Å². The van der Waals surface area contributed by atoms with Crippen molar-refractivity contribution in [2.24, 2.45) is 0 Å².